The molecular weight excluding hydrogens is 238 g/mol. The van der Waals surface area contributed by atoms with E-state index in [1.165, 1.54) is 5.56 Å². The van der Waals surface area contributed by atoms with Gasteiger partial charge < -0.3 is 4.74 Å². The molecule has 3 atom stereocenters. The summed E-state index contributed by atoms with van der Waals surface area (Å²) in [6, 6.07) is 9.89. The van der Waals surface area contributed by atoms with Crippen molar-refractivity contribution in [3.63, 3.8) is 0 Å². The molecule has 1 saturated heterocycles. The lowest BCUT2D eigenvalue weighted by Gasteiger charge is -2.14. The van der Waals surface area contributed by atoms with Crippen molar-refractivity contribution >= 4 is 18.4 Å². The van der Waals surface area contributed by atoms with E-state index < -0.39 is 0 Å². The third-order valence-corrected chi connectivity index (χ3v) is 3.19. The van der Waals surface area contributed by atoms with Crippen LogP contribution in [0.5, 0.6) is 0 Å². The van der Waals surface area contributed by atoms with Crippen molar-refractivity contribution in [3.8, 4) is 0 Å². The predicted molar refractivity (Wildman–Crippen MR) is 69.0 cm³/mol. The molecule has 94 valence electrons. The minimum absolute atomic E-state index is 0. The van der Waals surface area contributed by atoms with Crippen molar-refractivity contribution in [2.24, 2.45) is 5.92 Å². The van der Waals surface area contributed by atoms with Crippen molar-refractivity contribution in [1.82, 2.24) is 5.32 Å². The summed E-state index contributed by atoms with van der Waals surface area (Å²) in [6.45, 7) is 4.68. The Morgan fingerprint density at radius 2 is 1.88 bits per heavy atom. The van der Waals surface area contributed by atoms with Crippen molar-refractivity contribution in [2.45, 2.75) is 32.5 Å². The zero-order chi connectivity index (χ0) is 11.5. The van der Waals surface area contributed by atoms with E-state index in [1.54, 1.807) is 0 Å². The summed E-state index contributed by atoms with van der Waals surface area (Å²) >= 11 is 0. The van der Waals surface area contributed by atoms with Gasteiger partial charge >= 0.3 is 5.97 Å². The van der Waals surface area contributed by atoms with Gasteiger partial charge in [0.05, 0.1) is 0 Å². The van der Waals surface area contributed by atoms with Crippen LogP contribution in [0.1, 0.15) is 19.4 Å². The Hall–Kier alpha value is -1.06. The highest BCUT2D eigenvalue weighted by atomic mass is 35.5. The van der Waals surface area contributed by atoms with Crippen LogP contribution in [0.2, 0.25) is 0 Å². The Bertz CT molecular complexity index is 369. The predicted octanol–water partition coefficient (Wildman–Crippen LogP) is 2.15. The average molecular weight is 256 g/mol. The van der Waals surface area contributed by atoms with Gasteiger partial charge in [-0.2, -0.15) is 0 Å². The van der Waals surface area contributed by atoms with Gasteiger partial charge in [0, 0.05) is 12.5 Å². The van der Waals surface area contributed by atoms with E-state index >= 15 is 0 Å². The molecule has 0 amide bonds. The van der Waals surface area contributed by atoms with Gasteiger partial charge in [-0.1, -0.05) is 37.3 Å². The molecule has 0 spiro atoms. The third-order valence-electron chi connectivity index (χ3n) is 3.19. The monoisotopic (exact) mass is 255 g/mol. The SMILES string of the molecule is C[C@H]1[C@H](C)OC(=O)[C@H]1NCc1ccccc1.Cl. The van der Waals surface area contributed by atoms with Crippen LogP contribution < -0.4 is 5.32 Å². The number of esters is 1. The second-order valence-corrected chi connectivity index (χ2v) is 4.35. The molecule has 4 heteroatoms. The summed E-state index contributed by atoms with van der Waals surface area (Å²) in [4.78, 5) is 11.5. The lowest BCUT2D eigenvalue weighted by Crippen LogP contribution is -2.37. The quantitative estimate of drug-likeness (QED) is 0.841. The summed E-state index contributed by atoms with van der Waals surface area (Å²) in [5.41, 5.74) is 1.18. The molecule has 1 fully saturated rings. The van der Waals surface area contributed by atoms with Gasteiger partial charge in [0.1, 0.15) is 12.1 Å². The lowest BCUT2D eigenvalue weighted by atomic mass is 10.00. The Morgan fingerprint density at radius 1 is 1.24 bits per heavy atom. The molecule has 3 nitrogen and oxygen atoms in total. The van der Waals surface area contributed by atoms with E-state index in [0.29, 0.717) is 6.54 Å². The summed E-state index contributed by atoms with van der Waals surface area (Å²) < 4.78 is 5.17. The molecule has 1 aliphatic rings. The molecular formula is C13H18ClNO2. The first-order chi connectivity index (χ1) is 7.68. The largest absolute Gasteiger partial charge is 0.461 e. The normalized spacial score (nSPS) is 27.4. The number of carbonyl (C=O) groups excluding carboxylic acids is 1. The highest BCUT2D eigenvalue weighted by Crippen LogP contribution is 2.21. The Balaban J connectivity index is 0.00000144. The van der Waals surface area contributed by atoms with Crippen molar-refractivity contribution in [1.29, 1.82) is 0 Å². The van der Waals surface area contributed by atoms with E-state index in [1.807, 2.05) is 44.2 Å². The number of cyclic esters (lactones) is 1. The van der Waals surface area contributed by atoms with Gasteiger partial charge in [-0.05, 0) is 12.5 Å². The smallest absolute Gasteiger partial charge is 0.323 e. The molecule has 0 saturated carbocycles. The van der Waals surface area contributed by atoms with E-state index in [4.69, 9.17) is 4.74 Å². The van der Waals surface area contributed by atoms with E-state index in [-0.39, 0.29) is 36.4 Å². The van der Waals surface area contributed by atoms with Crippen LogP contribution in [-0.4, -0.2) is 18.1 Å². The maximum absolute atomic E-state index is 11.5. The number of halogens is 1. The molecule has 2 rings (SSSR count). The number of hydrogen-bond donors (Lipinski definition) is 1. The minimum Gasteiger partial charge on any atom is -0.461 e. The van der Waals surface area contributed by atoms with Crippen LogP contribution in [0.25, 0.3) is 0 Å². The molecule has 17 heavy (non-hydrogen) atoms. The van der Waals surface area contributed by atoms with Crippen molar-refractivity contribution < 1.29 is 9.53 Å². The Kier molecular flexibility index (Phi) is 4.97. The number of hydrogen-bond acceptors (Lipinski definition) is 3. The first-order valence-electron chi connectivity index (χ1n) is 5.66. The molecule has 1 aliphatic heterocycles. The lowest BCUT2D eigenvalue weighted by molar-refractivity contribution is -0.142. The highest BCUT2D eigenvalue weighted by molar-refractivity contribution is 5.85. The Morgan fingerprint density at radius 3 is 2.41 bits per heavy atom. The molecule has 0 radical (unpaired) electrons. The van der Waals surface area contributed by atoms with Crippen LogP contribution >= 0.6 is 12.4 Å². The number of ether oxygens (including phenoxy) is 1. The summed E-state index contributed by atoms with van der Waals surface area (Å²) in [5, 5.41) is 3.25. The van der Waals surface area contributed by atoms with Gasteiger partial charge in [0.2, 0.25) is 0 Å². The molecule has 0 bridgehead atoms. The molecule has 0 aliphatic carbocycles. The second-order valence-electron chi connectivity index (χ2n) is 4.35. The first-order valence-corrected chi connectivity index (χ1v) is 5.66. The average Bonchev–Trinajstić information content (AvgIpc) is 2.53. The molecule has 0 unspecified atom stereocenters. The highest BCUT2D eigenvalue weighted by Gasteiger charge is 2.38. The van der Waals surface area contributed by atoms with Crippen molar-refractivity contribution in [3.05, 3.63) is 35.9 Å². The molecule has 0 aromatic heterocycles. The number of benzene rings is 1. The summed E-state index contributed by atoms with van der Waals surface area (Å²) in [5.74, 6) is 0.104. The van der Waals surface area contributed by atoms with Crippen LogP contribution in [-0.2, 0) is 16.1 Å². The van der Waals surface area contributed by atoms with Gasteiger partial charge in [-0.3, -0.25) is 10.1 Å². The molecule has 1 aromatic rings. The zero-order valence-electron chi connectivity index (χ0n) is 10.1. The molecule has 1 aromatic carbocycles. The maximum atomic E-state index is 11.5. The van der Waals surface area contributed by atoms with Crippen LogP contribution in [0.4, 0.5) is 0 Å². The van der Waals surface area contributed by atoms with Gasteiger partial charge in [-0.15, -0.1) is 12.4 Å². The van der Waals surface area contributed by atoms with Gasteiger partial charge in [0.25, 0.3) is 0 Å². The van der Waals surface area contributed by atoms with Crippen LogP contribution in [0, 0.1) is 5.92 Å². The standard InChI is InChI=1S/C13H17NO2.ClH/c1-9-10(2)16-13(15)12(9)14-8-11-6-4-3-5-7-11;/h3-7,9-10,12,14H,8H2,1-2H3;1H/t9-,10-,12-;/m0./s1. The summed E-state index contributed by atoms with van der Waals surface area (Å²) in [7, 11) is 0. The minimum atomic E-state index is -0.171. The van der Waals surface area contributed by atoms with E-state index in [0.717, 1.165) is 0 Å². The van der Waals surface area contributed by atoms with E-state index in [2.05, 4.69) is 5.32 Å². The first kappa shape index (κ1) is 14.0. The fourth-order valence-electron chi connectivity index (χ4n) is 1.94. The fraction of sp³-hybridized carbons (Fsp3) is 0.462. The zero-order valence-corrected chi connectivity index (χ0v) is 10.9. The van der Waals surface area contributed by atoms with Gasteiger partial charge in [-0.25, -0.2) is 0 Å². The summed E-state index contributed by atoms with van der Waals surface area (Å²) in [6.07, 6.45) is 0.0146. The molecule has 1 N–H and O–H groups in total. The number of nitrogens with one attached hydrogen (secondary N) is 1. The topological polar surface area (TPSA) is 38.3 Å². The van der Waals surface area contributed by atoms with Crippen molar-refractivity contribution in [2.75, 3.05) is 0 Å². The van der Waals surface area contributed by atoms with Crippen LogP contribution in [0.3, 0.4) is 0 Å². The third kappa shape index (κ3) is 3.20. The fourth-order valence-corrected chi connectivity index (χ4v) is 1.94. The van der Waals surface area contributed by atoms with Gasteiger partial charge in [0.15, 0.2) is 0 Å². The number of carbonyl (C=O) groups is 1. The van der Waals surface area contributed by atoms with E-state index in [9.17, 15) is 4.79 Å². The molecule has 1 heterocycles. The maximum Gasteiger partial charge on any atom is 0.323 e. The Labute approximate surface area is 108 Å². The second kappa shape index (κ2) is 6.03. The van der Waals surface area contributed by atoms with Crippen LogP contribution in [0.15, 0.2) is 30.3 Å². The number of rotatable bonds is 3.